The van der Waals surface area contributed by atoms with E-state index in [9.17, 15) is 21.2 Å². The lowest BCUT2D eigenvalue weighted by atomic mass is 10.3. The van der Waals surface area contributed by atoms with Crippen molar-refractivity contribution in [3.05, 3.63) is 24.0 Å². The Labute approximate surface area is 131 Å². The molecule has 0 amide bonds. The second-order valence-electron chi connectivity index (χ2n) is 4.27. The second-order valence-corrected chi connectivity index (χ2v) is 9.31. The molecule has 0 heterocycles. The summed E-state index contributed by atoms with van der Waals surface area (Å²) < 4.78 is 67.6. The van der Waals surface area contributed by atoms with Crippen molar-refractivity contribution in [2.24, 2.45) is 0 Å². The van der Waals surface area contributed by atoms with Crippen LogP contribution in [0.5, 0.6) is 0 Å². The molecule has 1 aromatic rings. The third-order valence-electron chi connectivity index (χ3n) is 2.46. The average Bonchev–Trinajstić information content (AvgIpc) is 2.36. The van der Waals surface area contributed by atoms with Gasteiger partial charge in [-0.15, -0.1) is 0 Å². The van der Waals surface area contributed by atoms with Crippen LogP contribution in [0.25, 0.3) is 0 Å². The van der Waals surface area contributed by atoms with E-state index in [0.717, 1.165) is 24.5 Å². The molecule has 10 heteroatoms. The van der Waals surface area contributed by atoms with Gasteiger partial charge in [-0.25, -0.2) is 25.9 Å². The van der Waals surface area contributed by atoms with Gasteiger partial charge in [-0.2, -0.15) is 0 Å². The number of hydrogen-bond acceptors (Lipinski definition) is 5. The number of sulfone groups is 1. The molecule has 1 unspecified atom stereocenters. The van der Waals surface area contributed by atoms with Gasteiger partial charge in [0.15, 0.2) is 9.84 Å². The number of sulfonamides is 1. The molecule has 1 N–H and O–H groups in total. The topological polar surface area (TPSA) is 89.5 Å². The van der Waals surface area contributed by atoms with Gasteiger partial charge in [-0.1, -0.05) is 15.9 Å². The quantitative estimate of drug-likeness (QED) is 0.539. The van der Waals surface area contributed by atoms with E-state index < -0.39 is 30.6 Å². The number of nitrogens with one attached hydrogen (secondary N) is 1. The molecule has 1 rings (SSSR count). The van der Waals surface area contributed by atoms with Crippen LogP contribution < -0.4 is 4.72 Å². The fourth-order valence-electron chi connectivity index (χ4n) is 1.44. The summed E-state index contributed by atoms with van der Waals surface area (Å²) in [6, 6.07) is 2.63. The first-order valence-corrected chi connectivity index (χ1v) is 9.99. The zero-order valence-electron chi connectivity index (χ0n) is 11.3. The number of alkyl halides is 1. The maximum Gasteiger partial charge on any atom is 0.243 e. The lowest BCUT2D eigenvalue weighted by Gasteiger charge is -2.12. The molecule has 0 aromatic heterocycles. The Balaban J connectivity index is 3.08. The maximum atomic E-state index is 13.7. The van der Waals surface area contributed by atoms with E-state index in [-0.39, 0.29) is 22.9 Å². The number of benzene rings is 1. The van der Waals surface area contributed by atoms with Crippen molar-refractivity contribution < 1.29 is 26.0 Å². The lowest BCUT2D eigenvalue weighted by Crippen LogP contribution is -2.32. The zero-order chi connectivity index (χ0) is 16.3. The highest BCUT2D eigenvalue weighted by Crippen LogP contribution is 2.19. The molecule has 21 heavy (non-hydrogen) atoms. The summed E-state index contributed by atoms with van der Waals surface area (Å²) in [5.41, 5.74) is 0. The largest absolute Gasteiger partial charge is 0.383 e. The molecule has 0 aliphatic heterocycles. The molecular weight excluding hydrogens is 389 g/mol. The van der Waals surface area contributed by atoms with Crippen LogP contribution in [-0.4, -0.2) is 48.2 Å². The molecular formula is C11H15BrFNO5S2. The van der Waals surface area contributed by atoms with Crippen LogP contribution in [0.3, 0.4) is 0 Å². The Morgan fingerprint density at radius 3 is 2.48 bits per heavy atom. The highest BCUT2D eigenvalue weighted by molar-refractivity contribution is 9.09. The summed E-state index contributed by atoms with van der Waals surface area (Å²) in [6.07, 6.45) is 0.914. The highest BCUT2D eigenvalue weighted by atomic mass is 79.9. The molecule has 0 bridgehead atoms. The standard InChI is InChI=1S/C11H15BrFNO5S2/c1-19-7-8(12)6-14-21(17,18)11-5-9(20(2,15)16)3-4-10(11)13/h3-5,8,14H,6-7H2,1-2H3. The van der Waals surface area contributed by atoms with Crippen molar-refractivity contribution in [2.75, 3.05) is 26.5 Å². The minimum Gasteiger partial charge on any atom is -0.383 e. The summed E-state index contributed by atoms with van der Waals surface area (Å²) in [6.45, 7) is 0.229. The smallest absolute Gasteiger partial charge is 0.243 e. The third kappa shape index (κ3) is 5.29. The molecule has 1 atom stereocenters. The molecule has 0 aliphatic rings. The van der Waals surface area contributed by atoms with Crippen molar-refractivity contribution in [3.63, 3.8) is 0 Å². The second kappa shape index (κ2) is 7.14. The predicted octanol–water partition coefficient (Wildman–Crippen LogP) is 0.917. The van der Waals surface area contributed by atoms with Gasteiger partial charge in [0.25, 0.3) is 0 Å². The van der Waals surface area contributed by atoms with Crippen LogP contribution in [0.15, 0.2) is 28.0 Å². The van der Waals surface area contributed by atoms with E-state index in [0.29, 0.717) is 0 Å². The van der Waals surface area contributed by atoms with Crippen LogP contribution in [0.2, 0.25) is 0 Å². The Hall–Kier alpha value is -0.550. The lowest BCUT2D eigenvalue weighted by molar-refractivity contribution is 0.201. The van der Waals surface area contributed by atoms with Gasteiger partial charge in [-0.05, 0) is 18.2 Å². The Bertz CT molecular complexity index is 705. The van der Waals surface area contributed by atoms with Crippen molar-refractivity contribution >= 4 is 35.8 Å². The van der Waals surface area contributed by atoms with Gasteiger partial charge in [0.2, 0.25) is 10.0 Å². The number of methoxy groups -OCH3 is 1. The summed E-state index contributed by atoms with van der Waals surface area (Å²) in [4.78, 5) is -1.27. The van der Waals surface area contributed by atoms with E-state index in [1.54, 1.807) is 0 Å². The molecule has 6 nitrogen and oxygen atoms in total. The predicted molar refractivity (Wildman–Crippen MR) is 79.3 cm³/mol. The van der Waals surface area contributed by atoms with Crippen molar-refractivity contribution in [2.45, 2.75) is 14.6 Å². The van der Waals surface area contributed by atoms with E-state index >= 15 is 0 Å². The number of ether oxygens (including phenoxy) is 1. The van der Waals surface area contributed by atoms with Crippen LogP contribution in [0, 0.1) is 5.82 Å². The molecule has 120 valence electrons. The molecule has 0 radical (unpaired) electrons. The average molecular weight is 404 g/mol. The van der Waals surface area contributed by atoms with E-state index in [1.807, 2.05) is 0 Å². The third-order valence-corrected chi connectivity index (χ3v) is 5.60. The Kier molecular flexibility index (Phi) is 6.29. The summed E-state index contributed by atoms with van der Waals surface area (Å²) >= 11 is 3.19. The minimum absolute atomic E-state index is 0.0291. The van der Waals surface area contributed by atoms with Crippen molar-refractivity contribution in [1.29, 1.82) is 0 Å². The maximum absolute atomic E-state index is 13.7. The van der Waals surface area contributed by atoms with E-state index in [4.69, 9.17) is 4.74 Å². The summed E-state index contributed by atoms with van der Waals surface area (Å²) in [5.74, 6) is -1.02. The SMILES string of the molecule is COCC(Br)CNS(=O)(=O)c1cc(S(C)(=O)=O)ccc1F. The van der Waals surface area contributed by atoms with E-state index in [2.05, 4.69) is 20.7 Å². The fourth-order valence-corrected chi connectivity index (χ4v) is 3.98. The Morgan fingerprint density at radius 2 is 1.95 bits per heavy atom. The van der Waals surface area contributed by atoms with Crippen LogP contribution >= 0.6 is 15.9 Å². The first-order valence-electron chi connectivity index (χ1n) is 5.70. The normalized spacial score (nSPS) is 14.1. The highest BCUT2D eigenvalue weighted by Gasteiger charge is 2.22. The van der Waals surface area contributed by atoms with Crippen LogP contribution in [0.4, 0.5) is 4.39 Å². The van der Waals surface area contributed by atoms with Crippen LogP contribution in [-0.2, 0) is 24.6 Å². The van der Waals surface area contributed by atoms with Gasteiger partial charge in [0.05, 0.1) is 16.3 Å². The summed E-state index contributed by atoms with van der Waals surface area (Å²) in [5, 5.41) is 0. The van der Waals surface area contributed by atoms with Gasteiger partial charge >= 0.3 is 0 Å². The van der Waals surface area contributed by atoms with Crippen molar-refractivity contribution in [1.82, 2.24) is 4.72 Å². The first kappa shape index (κ1) is 18.5. The number of rotatable bonds is 7. The zero-order valence-corrected chi connectivity index (χ0v) is 14.6. The van der Waals surface area contributed by atoms with Gasteiger partial charge in [0.1, 0.15) is 10.7 Å². The Morgan fingerprint density at radius 1 is 1.33 bits per heavy atom. The molecule has 0 saturated carbocycles. The van der Waals surface area contributed by atoms with Crippen LogP contribution in [0.1, 0.15) is 0 Å². The number of hydrogen-bond donors (Lipinski definition) is 1. The molecule has 0 fully saturated rings. The van der Waals surface area contributed by atoms with Crippen molar-refractivity contribution in [3.8, 4) is 0 Å². The number of halogens is 2. The monoisotopic (exact) mass is 403 g/mol. The fraction of sp³-hybridized carbons (Fsp3) is 0.455. The molecule has 0 saturated heterocycles. The van der Waals surface area contributed by atoms with Gasteiger partial charge in [-0.3, -0.25) is 0 Å². The van der Waals surface area contributed by atoms with E-state index in [1.165, 1.54) is 7.11 Å². The van der Waals surface area contributed by atoms with Gasteiger partial charge in [0, 0.05) is 19.9 Å². The van der Waals surface area contributed by atoms with Gasteiger partial charge < -0.3 is 4.74 Å². The summed E-state index contributed by atoms with van der Waals surface area (Å²) in [7, 11) is -6.34. The molecule has 0 spiro atoms. The molecule has 0 aliphatic carbocycles. The first-order chi connectivity index (χ1) is 9.58. The molecule has 1 aromatic carbocycles. The minimum atomic E-state index is -4.16.